The molecule has 2 aliphatic rings. The summed E-state index contributed by atoms with van der Waals surface area (Å²) in [7, 11) is 2.95. The number of nitrogens with zero attached hydrogens (tertiary/aromatic N) is 2. The van der Waals surface area contributed by atoms with E-state index in [2.05, 4.69) is 4.98 Å². The molecule has 0 bridgehead atoms. The van der Waals surface area contributed by atoms with Gasteiger partial charge in [0.15, 0.2) is 11.5 Å². The average Bonchev–Trinajstić information content (AvgIpc) is 3.58. The van der Waals surface area contributed by atoms with Gasteiger partial charge in [-0.2, -0.15) is 13.2 Å². The number of halogens is 3. The first-order valence-corrected chi connectivity index (χ1v) is 13.5. The topological polar surface area (TPSA) is 84.1 Å². The number of H-pyrrole nitrogens is 1. The summed E-state index contributed by atoms with van der Waals surface area (Å²) in [5.41, 5.74) is 1.10. The Balaban J connectivity index is 1.40. The molecule has 2 unspecified atom stereocenters. The van der Waals surface area contributed by atoms with Gasteiger partial charge in [-0.05, 0) is 62.7 Å². The third kappa shape index (κ3) is 5.94. The highest BCUT2D eigenvalue weighted by Gasteiger charge is 2.44. The van der Waals surface area contributed by atoms with E-state index in [-0.39, 0.29) is 29.4 Å². The minimum absolute atomic E-state index is 0.0562. The number of hydrogen-bond acceptors (Lipinski definition) is 5. The quantitative estimate of drug-likeness (QED) is 0.411. The number of hydrogen-bond donors (Lipinski definition) is 1. The van der Waals surface area contributed by atoms with Crippen LogP contribution >= 0.6 is 0 Å². The van der Waals surface area contributed by atoms with Crippen LogP contribution in [0.3, 0.4) is 0 Å². The third-order valence-electron chi connectivity index (χ3n) is 7.63. The predicted octanol–water partition coefficient (Wildman–Crippen LogP) is 5.90. The number of carbonyl (C=O) groups excluding carboxylic acids is 2. The summed E-state index contributed by atoms with van der Waals surface area (Å²) in [4.78, 5) is 32.5. The van der Waals surface area contributed by atoms with Crippen molar-refractivity contribution in [3.8, 4) is 22.8 Å². The molecular formula is C30H34F3N3O5. The third-order valence-corrected chi connectivity index (χ3v) is 7.63. The fourth-order valence-electron chi connectivity index (χ4n) is 5.82. The molecule has 0 aliphatic carbocycles. The van der Waals surface area contributed by atoms with Crippen molar-refractivity contribution in [2.45, 2.75) is 39.0 Å². The maximum absolute atomic E-state index is 13.8. The second kappa shape index (κ2) is 10.5. The highest BCUT2D eigenvalue weighted by atomic mass is 19.4. The van der Waals surface area contributed by atoms with Crippen LogP contribution < -0.4 is 9.47 Å². The van der Waals surface area contributed by atoms with E-state index < -0.39 is 18.2 Å². The molecule has 2 atom stereocenters. The van der Waals surface area contributed by atoms with Gasteiger partial charge in [-0.25, -0.2) is 4.79 Å². The van der Waals surface area contributed by atoms with Gasteiger partial charge in [0.05, 0.1) is 26.3 Å². The predicted molar refractivity (Wildman–Crippen MR) is 147 cm³/mol. The number of aromatic nitrogens is 1. The Labute approximate surface area is 236 Å². The molecule has 11 heteroatoms. The Morgan fingerprint density at radius 2 is 1.54 bits per heavy atom. The SMILES string of the molecule is COc1ccc(-c2[nH]c3ccc(C(=O)N4CC5CN(C(=O)OC(C)(C)C)CC5C4)cc3c2CC(F)(F)F)cc1OC. The standard InChI is InChI=1S/C30H34F3N3O5/c1-29(2,3)41-28(38)36-15-19-13-35(14-20(19)16-36)27(37)18-6-8-23-21(10-18)22(12-30(31,32)33)26(34-23)17-7-9-24(39-4)25(11-17)40-5/h6-11,19-20,34H,12-16H2,1-5H3. The summed E-state index contributed by atoms with van der Waals surface area (Å²) in [6, 6.07) is 9.76. The summed E-state index contributed by atoms with van der Waals surface area (Å²) < 4.78 is 57.4. The van der Waals surface area contributed by atoms with Crippen molar-refractivity contribution in [2.75, 3.05) is 40.4 Å². The van der Waals surface area contributed by atoms with Crippen LogP contribution in [0, 0.1) is 11.8 Å². The number of aromatic amines is 1. The van der Waals surface area contributed by atoms with Gasteiger partial charge in [0.25, 0.3) is 5.91 Å². The lowest BCUT2D eigenvalue weighted by Gasteiger charge is -2.26. The van der Waals surface area contributed by atoms with Crippen LogP contribution in [-0.4, -0.2) is 79.0 Å². The molecule has 3 aromatic rings. The molecule has 2 fully saturated rings. The number of rotatable bonds is 5. The fourth-order valence-corrected chi connectivity index (χ4v) is 5.82. The van der Waals surface area contributed by atoms with E-state index in [0.29, 0.717) is 65.4 Å². The zero-order valence-electron chi connectivity index (χ0n) is 23.7. The summed E-state index contributed by atoms with van der Waals surface area (Å²) in [5, 5.41) is 0.341. The van der Waals surface area contributed by atoms with Crippen molar-refractivity contribution in [1.29, 1.82) is 0 Å². The van der Waals surface area contributed by atoms with Crippen LogP contribution in [0.2, 0.25) is 0 Å². The number of benzene rings is 2. The molecule has 1 N–H and O–H groups in total. The van der Waals surface area contributed by atoms with E-state index >= 15 is 0 Å². The number of carbonyl (C=O) groups is 2. The lowest BCUT2D eigenvalue weighted by atomic mass is 10.0. The van der Waals surface area contributed by atoms with Gasteiger partial charge in [0, 0.05) is 60.0 Å². The molecule has 8 nitrogen and oxygen atoms in total. The zero-order chi connectivity index (χ0) is 29.7. The summed E-state index contributed by atoms with van der Waals surface area (Å²) in [6.07, 6.45) is -5.99. The van der Waals surface area contributed by atoms with E-state index in [1.54, 1.807) is 46.2 Å². The molecule has 2 aromatic carbocycles. The van der Waals surface area contributed by atoms with Crippen LogP contribution in [-0.2, 0) is 11.2 Å². The molecule has 2 saturated heterocycles. The number of alkyl halides is 3. The highest BCUT2D eigenvalue weighted by molar-refractivity contribution is 6.00. The first-order valence-electron chi connectivity index (χ1n) is 13.5. The van der Waals surface area contributed by atoms with E-state index in [4.69, 9.17) is 14.2 Å². The Morgan fingerprint density at radius 3 is 2.12 bits per heavy atom. The van der Waals surface area contributed by atoms with E-state index in [1.165, 1.54) is 14.2 Å². The first kappa shape index (κ1) is 28.6. The molecule has 3 heterocycles. The number of likely N-dealkylation sites (tertiary alicyclic amines) is 2. The molecule has 41 heavy (non-hydrogen) atoms. The Hall–Kier alpha value is -3.89. The maximum Gasteiger partial charge on any atom is 0.410 e. The Morgan fingerprint density at radius 1 is 0.902 bits per heavy atom. The molecule has 1 aromatic heterocycles. The first-order chi connectivity index (χ1) is 19.3. The van der Waals surface area contributed by atoms with Gasteiger partial charge in [0.1, 0.15) is 5.60 Å². The zero-order valence-corrected chi connectivity index (χ0v) is 23.7. The second-order valence-electron chi connectivity index (χ2n) is 11.7. The minimum Gasteiger partial charge on any atom is -0.493 e. The van der Waals surface area contributed by atoms with Gasteiger partial charge in [0.2, 0.25) is 0 Å². The van der Waals surface area contributed by atoms with Crippen LogP contribution in [0.15, 0.2) is 36.4 Å². The fraction of sp³-hybridized carbons (Fsp3) is 0.467. The van der Waals surface area contributed by atoms with Gasteiger partial charge < -0.3 is 29.0 Å². The van der Waals surface area contributed by atoms with Crippen molar-refractivity contribution in [2.24, 2.45) is 11.8 Å². The van der Waals surface area contributed by atoms with Crippen molar-refractivity contribution < 1.29 is 37.0 Å². The smallest absolute Gasteiger partial charge is 0.410 e. The van der Waals surface area contributed by atoms with Crippen molar-refractivity contribution in [3.05, 3.63) is 47.5 Å². The van der Waals surface area contributed by atoms with E-state index in [9.17, 15) is 22.8 Å². The molecule has 220 valence electrons. The molecule has 2 amide bonds. The maximum atomic E-state index is 13.8. The number of methoxy groups -OCH3 is 2. The van der Waals surface area contributed by atoms with E-state index in [1.807, 2.05) is 20.8 Å². The van der Waals surface area contributed by atoms with Gasteiger partial charge in [-0.1, -0.05) is 0 Å². The molecule has 0 saturated carbocycles. The normalized spacial score (nSPS) is 19.0. The largest absolute Gasteiger partial charge is 0.493 e. The lowest BCUT2D eigenvalue weighted by Crippen LogP contribution is -2.38. The number of amides is 2. The molecule has 0 radical (unpaired) electrons. The van der Waals surface area contributed by atoms with Crippen LogP contribution in [0.25, 0.3) is 22.2 Å². The summed E-state index contributed by atoms with van der Waals surface area (Å²) >= 11 is 0. The number of nitrogens with one attached hydrogen (secondary N) is 1. The van der Waals surface area contributed by atoms with Gasteiger partial charge >= 0.3 is 12.3 Å². The lowest BCUT2D eigenvalue weighted by molar-refractivity contribution is -0.126. The van der Waals surface area contributed by atoms with Gasteiger partial charge in [-0.15, -0.1) is 0 Å². The number of ether oxygens (including phenoxy) is 3. The van der Waals surface area contributed by atoms with Crippen molar-refractivity contribution >= 4 is 22.9 Å². The summed E-state index contributed by atoms with van der Waals surface area (Å²) in [5.74, 6) is 0.862. The van der Waals surface area contributed by atoms with E-state index in [0.717, 1.165) is 0 Å². The van der Waals surface area contributed by atoms with Crippen molar-refractivity contribution in [3.63, 3.8) is 0 Å². The Bertz CT molecular complexity index is 1460. The minimum atomic E-state index is -4.47. The van der Waals surface area contributed by atoms with Crippen LogP contribution in [0.1, 0.15) is 36.7 Å². The highest BCUT2D eigenvalue weighted by Crippen LogP contribution is 2.39. The Kier molecular flexibility index (Phi) is 7.33. The molecule has 5 rings (SSSR count). The van der Waals surface area contributed by atoms with Gasteiger partial charge in [-0.3, -0.25) is 4.79 Å². The average molecular weight is 574 g/mol. The summed E-state index contributed by atoms with van der Waals surface area (Å²) in [6.45, 7) is 7.41. The second-order valence-corrected chi connectivity index (χ2v) is 11.7. The molecule has 0 spiro atoms. The van der Waals surface area contributed by atoms with Crippen LogP contribution in [0.4, 0.5) is 18.0 Å². The van der Waals surface area contributed by atoms with Crippen LogP contribution in [0.5, 0.6) is 11.5 Å². The monoisotopic (exact) mass is 573 g/mol. The molecule has 2 aliphatic heterocycles. The number of fused-ring (bicyclic) bond motifs is 2. The molecular weight excluding hydrogens is 539 g/mol. The van der Waals surface area contributed by atoms with Crippen molar-refractivity contribution in [1.82, 2.24) is 14.8 Å².